The third-order valence-electron chi connectivity index (χ3n) is 3.82. The van der Waals surface area contributed by atoms with Crippen molar-refractivity contribution in [3.8, 4) is 0 Å². The zero-order valence-corrected chi connectivity index (χ0v) is 11.1. The lowest BCUT2D eigenvalue weighted by Gasteiger charge is -2.05. The number of carboxylic acids is 1. The van der Waals surface area contributed by atoms with E-state index >= 15 is 0 Å². The number of rotatable bonds is 6. The van der Waals surface area contributed by atoms with Gasteiger partial charge in [0.05, 0.1) is 11.8 Å². The van der Waals surface area contributed by atoms with Crippen LogP contribution in [0.25, 0.3) is 0 Å². The first-order valence-electron chi connectivity index (χ1n) is 6.43. The first-order chi connectivity index (χ1) is 8.94. The minimum atomic E-state index is -0.888. The van der Waals surface area contributed by atoms with Gasteiger partial charge < -0.3 is 15.4 Å². The Kier molecular flexibility index (Phi) is 3.59. The molecule has 1 heterocycles. The topological polar surface area (TPSA) is 95.1 Å². The van der Waals surface area contributed by atoms with Gasteiger partial charge in [-0.05, 0) is 11.8 Å². The van der Waals surface area contributed by atoms with Crippen LogP contribution in [0.1, 0.15) is 26.1 Å². The number of aromatic amines is 1. The van der Waals surface area contributed by atoms with Crippen molar-refractivity contribution >= 4 is 11.9 Å². The average molecular weight is 265 g/mol. The minimum Gasteiger partial charge on any atom is -0.481 e. The molecule has 0 radical (unpaired) electrons. The molecule has 2 unspecified atom stereocenters. The molecule has 3 N–H and O–H groups in total. The first-order valence-corrected chi connectivity index (χ1v) is 6.43. The fraction of sp³-hybridized carbons (Fsp3) is 0.615. The Labute approximate surface area is 111 Å². The quantitative estimate of drug-likeness (QED) is 0.663. The Bertz CT molecular complexity index is 467. The Balaban J connectivity index is 1.72. The molecule has 0 bridgehead atoms. The molecule has 6 nitrogen and oxygen atoms in total. The molecule has 19 heavy (non-hydrogen) atoms. The number of aryl methyl sites for hydroxylation is 1. The lowest BCUT2D eigenvalue weighted by atomic mass is 10.1. The molecule has 2 rings (SSSR count). The molecule has 1 aliphatic carbocycles. The van der Waals surface area contributed by atoms with Crippen LogP contribution in [-0.2, 0) is 16.0 Å². The summed E-state index contributed by atoms with van der Waals surface area (Å²) >= 11 is 0. The fourth-order valence-corrected chi connectivity index (χ4v) is 2.60. The second kappa shape index (κ2) is 5.03. The van der Waals surface area contributed by atoms with Crippen molar-refractivity contribution < 1.29 is 14.7 Å². The molecular formula is C13H19N3O3. The van der Waals surface area contributed by atoms with E-state index in [0.717, 1.165) is 18.7 Å². The monoisotopic (exact) mass is 265 g/mol. The van der Waals surface area contributed by atoms with Crippen LogP contribution in [-0.4, -0.2) is 33.5 Å². The normalized spacial score (nSPS) is 23.9. The predicted octanol–water partition coefficient (Wildman–Crippen LogP) is 0.815. The second-order valence-electron chi connectivity index (χ2n) is 5.55. The summed E-state index contributed by atoms with van der Waals surface area (Å²) in [5.74, 6) is -1.12. The number of aromatic nitrogens is 2. The molecule has 0 spiro atoms. The summed E-state index contributed by atoms with van der Waals surface area (Å²) in [6, 6.07) is 0. The van der Waals surface area contributed by atoms with Gasteiger partial charge in [-0.15, -0.1) is 0 Å². The largest absolute Gasteiger partial charge is 0.481 e. The van der Waals surface area contributed by atoms with Crippen LogP contribution < -0.4 is 5.32 Å². The zero-order chi connectivity index (χ0) is 14.0. The summed E-state index contributed by atoms with van der Waals surface area (Å²) in [6.45, 7) is 4.18. The number of amides is 1. The molecule has 1 fully saturated rings. The number of carbonyl (C=O) groups excluding carboxylic acids is 1. The van der Waals surface area contributed by atoms with Gasteiger partial charge >= 0.3 is 5.97 Å². The van der Waals surface area contributed by atoms with Crippen molar-refractivity contribution in [1.29, 1.82) is 0 Å². The first kappa shape index (κ1) is 13.6. The van der Waals surface area contributed by atoms with Gasteiger partial charge in [-0.3, -0.25) is 9.59 Å². The van der Waals surface area contributed by atoms with Gasteiger partial charge in [0, 0.05) is 25.4 Å². The number of hydrogen-bond acceptors (Lipinski definition) is 3. The van der Waals surface area contributed by atoms with Crippen LogP contribution in [0, 0.1) is 17.3 Å². The molecule has 1 aromatic heterocycles. The SMILES string of the molecule is CC1(C)C(C(=O)O)C1C(=O)NCCCc1ncc[nH]1. The summed E-state index contributed by atoms with van der Waals surface area (Å²) in [4.78, 5) is 30.0. The smallest absolute Gasteiger partial charge is 0.307 e. The maximum Gasteiger partial charge on any atom is 0.307 e. The van der Waals surface area contributed by atoms with Gasteiger partial charge in [0.15, 0.2) is 0 Å². The van der Waals surface area contributed by atoms with E-state index in [0.29, 0.717) is 6.54 Å². The van der Waals surface area contributed by atoms with Gasteiger partial charge in [-0.25, -0.2) is 4.98 Å². The molecule has 104 valence electrons. The van der Waals surface area contributed by atoms with Crippen molar-refractivity contribution in [2.75, 3.05) is 6.54 Å². The molecule has 1 amide bonds. The van der Waals surface area contributed by atoms with E-state index in [-0.39, 0.29) is 5.91 Å². The van der Waals surface area contributed by atoms with Crippen LogP contribution in [0.5, 0.6) is 0 Å². The van der Waals surface area contributed by atoms with Gasteiger partial charge in [0.25, 0.3) is 0 Å². The summed E-state index contributed by atoms with van der Waals surface area (Å²) in [5, 5.41) is 11.8. The Hall–Kier alpha value is -1.85. The second-order valence-corrected chi connectivity index (χ2v) is 5.55. The molecule has 0 aromatic carbocycles. The maximum atomic E-state index is 11.9. The Morgan fingerprint density at radius 3 is 2.74 bits per heavy atom. The van der Waals surface area contributed by atoms with Gasteiger partial charge in [0.1, 0.15) is 5.82 Å². The third-order valence-corrected chi connectivity index (χ3v) is 3.82. The van der Waals surface area contributed by atoms with Gasteiger partial charge in [-0.1, -0.05) is 13.8 Å². The summed E-state index contributed by atoms with van der Waals surface area (Å²) in [7, 11) is 0. The van der Waals surface area contributed by atoms with E-state index in [4.69, 9.17) is 5.11 Å². The lowest BCUT2D eigenvalue weighted by Crippen LogP contribution is -2.28. The highest BCUT2D eigenvalue weighted by molar-refractivity contribution is 5.91. The number of aliphatic carboxylic acids is 1. The van der Waals surface area contributed by atoms with Crippen LogP contribution in [0.15, 0.2) is 12.4 Å². The zero-order valence-electron chi connectivity index (χ0n) is 11.1. The van der Waals surface area contributed by atoms with E-state index in [1.54, 1.807) is 12.4 Å². The number of hydrogen-bond donors (Lipinski definition) is 3. The number of nitrogens with one attached hydrogen (secondary N) is 2. The van der Waals surface area contributed by atoms with Crippen molar-refractivity contribution in [3.63, 3.8) is 0 Å². The van der Waals surface area contributed by atoms with E-state index < -0.39 is 23.2 Å². The molecule has 0 saturated heterocycles. The molecule has 6 heteroatoms. The van der Waals surface area contributed by atoms with Crippen LogP contribution >= 0.6 is 0 Å². The highest BCUT2D eigenvalue weighted by atomic mass is 16.4. The Morgan fingerprint density at radius 2 is 2.21 bits per heavy atom. The third kappa shape index (κ3) is 2.77. The number of carbonyl (C=O) groups is 2. The molecule has 2 atom stereocenters. The number of nitrogens with zero attached hydrogens (tertiary/aromatic N) is 1. The van der Waals surface area contributed by atoms with E-state index in [1.807, 2.05) is 13.8 Å². The maximum absolute atomic E-state index is 11.9. The average Bonchev–Trinajstić information content (AvgIpc) is 2.73. The molecule has 0 aliphatic heterocycles. The van der Waals surface area contributed by atoms with Crippen molar-refractivity contribution in [1.82, 2.24) is 15.3 Å². The van der Waals surface area contributed by atoms with Crippen molar-refractivity contribution in [2.24, 2.45) is 17.3 Å². The highest BCUT2D eigenvalue weighted by Crippen LogP contribution is 2.58. The predicted molar refractivity (Wildman–Crippen MR) is 68.3 cm³/mol. The number of H-pyrrole nitrogens is 1. The highest BCUT2D eigenvalue weighted by Gasteiger charge is 2.65. The molecule has 1 aliphatic rings. The fourth-order valence-electron chi connectivity index (χ4n) is 2.60. The summed E-state index contributed by atoms with van der Waals surface area (Å²) < 4.78 is 0. The molecule has 1 aromatic rings. The molecular weight excluding hydrogens is 246 g/mol. The van der Waals surface area contributed by atoms with E-state index in [9.17, 15) is 9.59 Å². The van der Waals surface area contributed by atoms with Crippen molar-refractivity contribution in [3.05, 3.63) is 18.2 Å². The van der Waals surface area contributed by atoms with Gasteiger partial charge in [0.2, 0.25) is 5.91 Å². The van der Waals surface area contributed by atoms with Gasteiger partial charge in [-0.2, -0.15) is 0 Å². The van der Waals surface area contributed by atoms with E-state index in [1.165, 1.54) is 0 Å². The standard InChI is InChI=1S/C13H19N3O3/c1-13(2)9(10(13)12(18)19)11(17)16-5-3-4-8-14-6-7-15-8/h6-7,9-10H,3-5H2,1-2H3,(H,14,15)(H,16,17)(H,18,19). The van der Waals surface area contributed by atoms with Crippen LogP contribution in [0.2, 0.25) is 0 Å². The summed E-state index contributed by atoms with van der Waals surface area (Å²) in [6.07, 6.45) is 5.00. The molecule has 1 saturated carbocycles. The number of imidazole rings is 1. The number of carboxylic acid groups (broad SMARTS) is 1. The lowest BCUT2D eigenvalue weighted by molar-refractivity contribution is -0.140. The minimum absolute atomic E-state index is 0.156. The van der Waals surface area contributed by atoms with Crippen molar-refractivity contribution in [2.45, 2.75) is 26.7 Å². The van der Waals surface area contributed by atoms with E-state index in [2.05, 4.69) is 15.3 Å². The van der Waals surface area contributed by atoms with Crippen LogP contribution in [0.4, 0.5) is 0 Å². The Morgan fingerprint density at radius 1 is 1.47 bits per heavy atom. The van der Waals surface area contributed by atoms with Crippen LogP contribution in [0.3, 0.4) is 0 Å². The summed E-state index contributed by atoms with van der Waals surface area (Å²) in [5.41, 5.74) is -0.434.